The second kappa shape index (κ2) is 16.8. The van der Waals surface area contributed by atoms with Crippen LogP contribution in [0.3, 0.4) is 0 Å². The number of carbonyl (C=O) groups excluding carboxylic acids is 2. The molecule has 49 heavy (non-hydrogen) atoms. The number of nitrogens with two attached hydrogens (primary N) is 1. The van der Waals surface area contributed by atoms with E-state index in [2.05, 4.69) is 34.0 Å². The highest BCUT2D eigenvalue weighted by atomic mass is 19.1. The van der Waals surface area contributed by atoms with E-state index < -0.39 is 52.5 Å². The Kier molecular flexibility index (Phi) is 13.6. The molecule has 2 aromatic rings. The standard InChI is InChI=1S/C36H54BFN6O5/c1-10-29-36(8,48-11-2)31(40-17-12-13-18-44-22-28(42-43-44)26-15-14-16-27(39)19-26)25(5)41-21-23(3)20-34(6,47-9)30(37)24(4)32(45)35(7,38)33(46)49-29/h2,12-16,19,22-25,29-31,40-41H,10,17-18,20-21,37,39H2,1,3-9H3/b13-12+/t23-,24-,25-,29-,30-,31-,34-,35+,36-/m1/s1. The number of terminal acetylenes is 1. The van der Waals surface area contributed by atoms with E-state index in [-0.39, 0.29) is 18.4 Å². The van der Waals surface area contributed by atoms with Crippen LogP contribution in [-0.4, -0.2) is 89.9 Å². The number of allylic oxidation sites excluding steroid dienone is 1. The van der Waals surface area contributed by atoms with Crippen LogP contribution in [0.5, 0.6) is 0 Å². The summed E-state index contributed by atoms with van der Waals surface area (Å²) in [7, 11) is 3.45. The molecule has 268 valence electrons. The molecular weight excluding hydrogens is 626 g/mol. The van der Waals surface area contributed by atoms with Gasteiger partial charge in [0.15, 0.2) is 11.4 Å². The molecule has 1 aromatic heterocycles. The van der Waals surface area contributed by atoms with Crippen molar-refractivity contribution in [1.29, 1.82) is 0 Å². The van der Waals surface area contributed by atoms with Gasteiger partial charge in [-0.25, -0.2) is 13.9 Å². The number of ether oxygens (including phenoxy) is 3. The van der Waals surface area contributed by atoms with E-state index in [1.165, 1.54) is 0 Å². The minimum absolute atomic E-state index is 0.110. The van der Waals surface area contributed by atoms with Crippen molar-refractivity contribution in [2.24, 2.45) is 11.8 Å². The van der Waals surface area contributed by atoms with Gasteiger partial charge in [-0.05, 0) is 70.9 Å². The Balaban J connectivity index is 1.90. The quantitative estimate of drug-likeness (QED) is 0.0900. The van der Waals surface area contributed by atoms with Crippen molar-refractivity contribution in [3.63, 3.8) is 0 Å². The number of halogens is 1. The van der Waals surface area contributed by atoms with Crippen molar-refractivity contribution in [2.75, 3.05) is 25.9 Å². The van der Waals surface area contributed by atoms with Gasteiger partial charge < -0.3 is 30.6 Å². The van der Waals surface area contributed by atoms with Crippen molar-refractivity contribution in [3.8, 4) is 23.8 Å². The number of esters is 1. The lowest BCUT2D eigenvalue weighted by Gasteiger charge is -2.44. The fourth-order valence-corrected chi connectivity index (χ4v) is 6.86. The average molecular weight is 681 g/mol. The summed E-state index contributed by atoms with van der Waals surface area (Å²) in [4.78, 5) is 27.0. The molecule has 13 heteroatoms. The predicted molar refractivity (Wildman–Crippen MR) is 192 cm³/mol. The van der Waals surface area contributed by atoms with Gasteiger partial charge in [0.1, 0.15) is 25.8 Å². The minimum Gasteiger partial charge on any atom is -0.455 e. The van der Waals surface area contributed by atoms with Crippen molar-refractivity contribution < 1.29 is 28.2 Å². The third-order valence-electron chi connectivity index (χ3n) is 10.3. The Morgan fingerprint density at radius 1 is 1.27 bits per heavy atom. The topological polar surface area (TPSA) is 143 Å². The van der Waals surface area contributed by atoms with Gasteiger partial charge in [0.25, 0.3) is 5.67 Å². The molecular formula is C36H54BFN6O5. The highest BCUT2D eigenvalue weighted by Crippen LogP contribution is 2.39. The molecule has 2 heterocycles. The van der Waals surface area contributed by atoms with E-state index in [0.29, 0.717) is 37.4 Å². The maximum Gasteiger partial charge on any atom is 0.351 e. The van der Waals surface area contributed by atoms with Crippen LogP contribution >= 0.6 is 0 Å². The average Bonchev–Trinajstić information content (AvgIpc) is 3.55. The number of hydrogen-bond donors (Lipinski definition) is 3. The molecule has 0 amide bonds. The number of anilines is 1. The molecule has 9 atom stereocenters. The van der Waals surface area contributed by atoms with Crippen LogP contribution in [0, 0.1) is 24.4 Å². The number of cyclic esters (lactones) is 1. The molecule has 0 unspecified atom stereocenters. The number of benzene rings is 1. The Labute approximate surface area is 291 Å². The van der Waals surface area contributed by atoms with Gasteiger partial charge in [-0.3, -0.25) is 4.79 Å². The Morgan fingerprint density at radius 3 is 2.61 bits per heavy atom. The maximum absolute atomic E-state index is 16.2. The van der Waals surface area contributed by atoms with Crippen LogP contribution in [-0.2, 0) is 30.3 Å². The summed E-state index contributed by atoms with van der Waals surface area (Å²) in [6.07, 6.45) is 13.6. The molecule has 1 aliphatic rings. The summed E-state index contributed by atoms with van der Waals surface area (Å²) in [6.45, 7) is 13.6. The van der Waals surface area contributed by atoms with Gasteiger partial charge >= 0.3 is 5.97 Å². The first kappa shape index (κ1) is 39.7. The van der Waals surface area contributed by atoms with Crippen LogP contribution in [0.4, 0.5) is 10.1 Å². The van der Waals surface area contributed by atoms with Gasteiger partial charge in [0.2, 0.25) is 0 Å². The zero-order valence-corrected chi connectivity index (χ0v) is 30.5. The van der Waals surface area contributed by atoms with Gasteiger partial charge in [-0.15, -0.1) is 5.10 Å². The van der Waals surface area contributed by atoms with E-state index in [0.717, 1.165) is 12.5 Å². The third kappa shape index (κ3) is 9.29. The molecule has 3 rings (SSSR count). The normalized spacial score (nSPS) is 33.7. The van der Waals surface area contributed by atoms with Gasteiger partial charge in [0, 0.05) is 36.9 Å². The zero-order valence-electron chi connectivity index (χ0n) is 30.5. The molecule has 0 saturated carbocycles. The number of Topliss-reactive ketones (excluding diaryl/α,β-unsaturated/α-hetero) is 1. The van der Waals surface area contributed by atoms with Gasteiger partial charge in [-0.1, -0.05) is 56.7 Å². The van der Waals surface area contributed by atoms with E-state index in [1.54, 1.807) is 32.6 Å². The number of rotatable bonds is 9. The number of methoxy groups -OCH3 is 1. The molecule has 11 nitrogen and oxygen atoms in total. The lowest BCUT2D eigenvalue weighted by atomic mass is 9.62. The van der Waals surface area contributed by atoms with Crippen LogP contribution in [0.2, 0.25) is 5.82 Å². The Hall–Kier alpha value is -3.73. The van der Waals surface area contributed by atoms with E-state index >= 15 is 4.39 Å². The largest absolute Gasteiger partial charge is 0.455 e. The second-order valence-electron chi connectivity index (χ2n) is 14.0. The molecule has 1 fully saturated rings. The van der Waals surface area contributed by atoms with Gasteiger partial charge in [-0.2, -0.15) is 0 Å². The molecule has 4 N–H and O–H groups in total. The SMILES string of the molecule is B[C@@H]1[C@@H](C)C(=O)[C@](C)(F)C(=O)O[C@H](CC)[C@@](C)(OC#C)[C@H](NC/C=C/Cn2cc(-c3cccc(N)c3)nn2)[C@@H](C)NC[C@H](C)C[C@@]1(C)OC. The van der Waals surface area contributed by atoms with Crippen molar-refractivity contribution in [3.05, 3.63) is 42.6 Å². The summed E-state index contributed by atoms with van der Waals surface area (Å²) < 4.78 is 35.7. The zero-order chi connectivity index (χ0) is 36.6. The lowest BCUT2D eigenvalue weighted by molar-refractivity contribution is -0.182. The smallest absolute Gasteiger partial charge is 0.351 e. The number of aromatic nitrogens is 3. The molecule has 0 spiro atoms. The number of nitrogens with one attached hydrogen (secondary N) is 2. The van der Waals surface area contributed by atoms with E-state index in [4.69, 9.17) is 26.4 Å². The highest BCUT2D eigenvalue weighted by molar-refractivity contribution is 6.17. The summed E-state index contributed by atoms with van der Waals surface area (Å²) in [5.41, 5.74) is 3.18. The molecule has 1 aliphatic heterocycles. The first-order chi connectivity index (χ1) is 23.0. The Bertz CT molecular complexity index is 1500. The summed E-state index contributed by atoms with van der Waals surface area (Å²) in [5, 5.41) is 15.6. The number of nitrogens with zero attached hydrogens (tertiary/aromatic N) is 3. The van der Waals surface area contributed by atoms with Crippen LogP contribution in [0.15, 0.2) is 42.6 Å². The van der Waals surface area contributed by atoms with Crippen molar-refractivity contribution >= 4 is 25.3 Å². The van der Waals surface area contributed by atoms with Crippen molar-refractivity contribution in [1.82, 2.24) is 25.6 Å². The number of nitrogen functional groups attached to an aromatic ring is 1. The molecule has 0 bridgehead atoms. The van der Waals surface area contributed by atoms with E-state index in [1.807, 2.05) is 64.3 Å². The van der Waals surface area contributed by atoms with E-state index in [9.17, 15) is 9.59 Å². The molecule has 1 saturated heterocycles. The van der Waals surface area contributed by atoms with Crippen LogP contribution in [0.25, 0.3) is 11.3 Å². The second-order valence-corrected chi connectivity index (χ2v) is 14.0. The van der Waals surface area contributed by atoms with Gasteiger partial charge in [0.05, 0.1) is 24.4 Å². The summed E-state index contributed by atoms with van der Waals surface area (Å²) >= 11 is 0. The lowest BCUT2D eigenvalue weighted by Crippen LogP contribution is -2.65. The first-order valence-corrected chi connectivity index (χ1v) is 17.0. The highest BCUT2D eigenvalue weighted by Gasteiger charge is 2.53. The fraction of sp³-hybridized carbons (Fsp3) is 0.611. The molecule has 0 aliphatic carbocycles. The number of hydrogen-bond acceptors (Lipinski definition) is 10. The number of carbonyl (C=O) groups is 2. The van der Waals surface area contributed by atoms with Crippen molar-refractivity contribution in [2.45, 2.75) is 109 Å². The number of ketones is 1. The first-order valence-electron chi connectivity index (χ1n) is 17.0. The fourth-order valence-electron chi connectivity index (χ4n) is 6.86. The minimum atomic E-state index is -2.90. The molecule has 1 aromatic carbocycles. The van der Waals surface area contributed by atoms with Crippen LogP contribution < -0.4 is 16.4 Å². The Morgan fingerprint density at radius 2 is 1.98 bits per heavy atom. The number of alkyl halides is 1. The third-order valence-corrected chi connectivity index (χ3v) is 10.3. The predicted octanol–water partition coefficient (Wildman–Crippen LogP) is 3.51. The summed E-state index contributed by atoms with van der Waals surface area (Å²) in [6, 6.07) is 6.67. The monoisotopic (exact) mass is 680 g/mol. The van der Waals surface area contributed by atoms with Crippen LogP contribution in [0.1, 0.15) is 61.3 Å². The maximum atomic E-state index is 16.2. The summed E-state index contributed by atoms with van der Waals surface area (Å²) in [5.74, 6) is -3.24. The molecule has 0 radical (unpaired) electrons.